The Balaban J connectivity index is 2.60. The van der Waals surface area contributed by atoms with E-state index in [-0.39, 0.29) is 5.91 Å². The van der Waals surface area contributed by atoms with E-state index in [0.717, 1.165) is 12.1 Å². The predicted octanol–water partition coefficient (Wildman–Crippen LogP) is 2.31. The smallest absolute Gasteiger partial charge is 0.233 e. The van der Waals surface area contributed by atoms with E-state index in [2.05, 4.69) is 28.1 Å². The molecule has 0 aromatic heterocycles. The van der Waals surface area contributed by atoms with Gasteiger partial charge in [-0.3, -0.25) is 4.79 Å². The van der Waals surface area contributed by atoms with Crippen molar-refractivity contribution >= 4 is 21.8 Å². The van der Waals surface area contributed by atoms with Crippen molar-refractivity contribution in [2.45, 2.75) is 18.9 Å². The molecule has 2 nitrogen and oxygen atoms in total. The number of halogens is 1. The molecule has 3 heteroatoms. The van der Waals surface area contributed by atoms with Gasteiger partial charge in [-0.2, -0.15) is 0 Å². The van der Waals surface area contributed by atoms with Crippen molar-refractivity contribution in [3.63, 3.8) is 0 Å². The number of hydrogen-bond donors (Lipinski definition) is 0. The maximum atomic E-state index is 12.1. The highest BCUT2D eigenvalue weighted by molar-refractivity contribution is 9.09. The highest BCUT2D eigenvalue weighted by Crippen LogP contribution is 2.35. The van der Waals surface area contributed by atoms with Gasteiger partial charge in [0, 0.05) is 18.9 Å². The number of amides is 1. The molecular weight excluding hydrogens is 254 g/mol. The zero-order valence-electron chi connectivity index (χ0n) is 8.96. The maximum absolute atomic E-state index is 12.1. The van der Waals surface area contributed by atoms with Gasteiger partial charge in [0.15, 0.2) is 0 Å². The topological polar surface area (TPSA) is 20.3 Å². The molecule has 0 bridgehead atoms. The molecule has 80 valence electrons. The molecule has 1 aliphatic rings. The van der Waals surface area contributed by atoms with E-state index >= 15 is 0 Å². The van der Waals surface area contributed by atoms with E-state index in [4.69, 9.17) is 0 Å². The third-order valence-electron chi connectivity index (χ3n) is 3.11. The van der Waals surface area contributed by atoms with Crippen molar-refractivity contribution in [2.75, 3.05) is 12.4 Å². The minimum absolute atomic E-state index is 0.193. The first-order valence-electron chi connectivity index (χ1n) is 4.99. The molecule has 2 rings (SSSR count). The Morgan fingerprint density at radius 2 is 2.13 bits per heavy atom. The highest BCUT2D eigenvalue weighted by Gasteiger charge is 2.41. The van der Waals surface area contributed by atoms with Gasteiger partial charge in [-0.25, -0.2) is 0 Å². The van der Waals surface area contributed by atoms with Crippen molar-refractivity contribution in [1.29, 1.82) is 0 Å². The number of fused-ring (bicyclic) bond motifs is 1. The first kappa shape index (κ1) is 10.7. The van der Waals surface area contributed by atoms with Crippen molar-refractivity contribution in [3.8, 4) is 0 Å². The number of likely N-dealkylation sites (N-methyl/N-ethyl adjacent to an activating group) is 1. The first-order valence-corrected chi connectivity index (χ1v) is 6.11. The van der Waals surface area contributed by atoms with E-state index in [1.165, 1.54) is 5.56 Å². The van der Waals surface area contributed by atoms with Crippen LogP contribution in [0.2, 0.25) is 0 Å². The first-order chi connectivity index (χ1) is 7.09. The summed E-state index contributed by atoms with van der Waals surface area (Å²) in [5.41, 5.74) is 2.00. The van der Waals surface area contributed by atoms with Gasteiger partial charge in [0.2, 0.25) is 5.91 Å². The lowest BCUT2D eigenvalue weighted by Crippen LogP contribution is -2.48. The van der Waals surface area contributed by atoms with Gasteiger partial charge in [0.25, 0.3) is 0 Å². The summed E-state index contributed by atoms with van der Waals surface area (Å²) in [6.07, 6.45) is 0. The Labute approximate surface area is 98.4 Å². The van der Waals surface area contributed by atoms with Gasteiger partial charge in [-0.1, -0.05) is 40.2 Å². The average molecular weight is 268 g/mol. The van der Waals surface area contributed by atoms with Crippen molar-refractivity contribution in [2.24, 2.45) is 0 Å². The molecule has 0 radical (unpaired) electrons. The second-order valence-corrected chi connectivity index (χ2v) is 4.84. The summed E-state index contributed by atoms with van der Waals surface area (Å²) >= 11 is 3.46. The quantitative estimate of drug-likeness (QED) is 0.716. The van der Waals surface area contributed by atoms with Crippen molar-refractivity contribution in [1.82, 2.24) is 4.90 Å². The van der Waals surface area contributed by atoms with Gasteiger partial charge >= 0.3 is 0 Å². The molecule has 0 N–H and O–H groups in total. The van der Waals surface area contributed by atoms with Gasteiger partial charge < -0.3 is 4.90 Å². The largest absolute Gasteiger partial charge is 0.341 e. The van der Waals surface area contributed by atoms with Crippen LogP contribution in [0, 0.1) is 0 Å². The van der Waals surface area contributed by atoms with Crippen LogP contribution in [0.5, 0.6) is 0 Å². The molecule has 1 aromatic carbocycles. The molecule has 0 fully saturated rings. The van der Waals surface area contributed by atoms with E-state index in [0.29, 0.717) is 5.33 Å². The van der Waals surface area contributed by atoms with Crippen LogP contribution in [0.1, 0.15) is 18.1 Å². The SMILES string of the molecule is CN1Cc2ccccc2C(C)(CBr)C1=O. The summed E-state index contributed by atoms with van der Waals surface area (Å²) < 4.78 is 0. The van der Waals surface area contributed by atoms with E-state index in [1.54, 1.807) is 4.90 Å². The van der Waals surface area contributed by atoms with Crippen molar-refractivity contribution in [3.05, 3.63) is 35.4 Å². The lowest BCUT2D eigenvalue weighted by molar-refractivity contribution is -0.136. The van der Waals surface area contributed by atoms with Crippen LogP contribution in [0.25, 0.3) is 0 Å². The summed E-state index contributed by atoms with van der Waals surface area (Å²) in [6, 6.07) is 8.18. The molecule has 1 amide bonds. The van der Waals surface area contributed by atoms with Crippen LogP contribution in [0.3, 0.4) is 0 Å². The predicted molar refractivity (Wildman–Crippen MR) is 64.1 cm³/mol. The number of alkyl halides is 1. The van der Waals surface area contributed by atoms with Gasteiger partial charge in [-0.15, -0.1) is 0 Å². The fourth-order valence-corrected chi connectivity index (χ4v) is 2.73. The van der Waals surface area contributed by atoms with E-state index < -0.39 is 5.41 Å². The lowest BCUT2D eigenvalue weighted by atomic mass is 9.78. The lowest BCUT2D eigenvalue weighted by Gasteiger charge is -2.38. The molecule has 0 saturated heterocycles. The summed E-state index contributed by atoms with van der Waals surface area (Å²) in [4.78, 5) is 13.9. The fraction of sp³-hybridized carbons (Fsp3) is 0.417. The molecule has 15 heavy (non-hydrogen) atoms. The monoisotopic (exact) mass is 267 g/mol. The number of benzene rings is 1. The number of carbonyl (C=O) groups excluding carboxylic acids is 1. The third-order valence-corrected chi connectivity index (χ3v) is 4.23. The molecule has 1 aromatic rings. The van der Waals surface area contributed by atoms with Crippen molar-refractivity contribution < 1.29 is 4.79 Å². The number of hydrogen-bond acceptors (Lipinski definition) is 1. The Morgan fingerprint density at radius 1 is 1.47 bits per heavy atom. The van der Waals surface area contributed by atoms with Gasteiger partial charge in [0.05, 0.1) is 5.41 Å². The molecule has 0 spiro atoms. The Bertz CT molecular complexity index is 404. The van der Waals surface area contributed by atoms with Crippen LogP contribution < -0.4 is 0 Å². The third kappa shape index (κ3) is 1.49. The van der Waals surface area contributed by atoms with Gasteiger partial charge in [-0.05, 0) is 18.1 Å². The zero-order valence-corrected chi connectivity index (χ0v) is 10.5. The maximum Gasteiger partial charge on any atom is 0.233 e. The number of rotatable bonds is 1. The molecule has 0 saturated carbocycles. The zero-order chi connectivity index (χ0) is 11.1. The van der Waals surface area contributed by atoms with Gasteiger partial charge in [0.1, 0.15) is 0 Å². The standard InChI is InChI=1S/C12H14BrNO/c1-12(8-13)10-6-4-3-5-9(10)7-14(2)11(12)15/h3-6H,7-8H2,1-2H3. The second-order valence-electron chi connectivity index (χ2n) is 4.28. The number of carbonyl (C=O) groups is 1. The summed E-state index contributed by atoms with van der Waals surface area (Å²) in [5.74, 6) is 0.193. The van der Waals surface area contributed by atoms with E-state index in [1.807, 2.05) is 26.1 Å². The molecule has 0 aliphatic carbocycles. The summed E-state index contributed by atoms with van der Waals surface area (Å²) in [6.45, 7) is 2.72. The second kappa shape index (κ2) is 3.63. The Kier molecular flexibility index (Phi) is 2.59. The van der Waals surface area contributed by atoms with Crippen LogP contribution >= 0.6 is 15.9 Å². The molecular formula is C12H14BrNO. The highest BCUT2D eigenvalue weighted by atomic mass is 79.9. The summed E-state index contributed by atoms with van der Waals surface area (Å²) in [7, 11) is 1.86. The molecule has 1 heterocycles. The number of nitrogens with zero attached hydrogens (tertiary/aromatic N) is 1. The van der Waals surface area contributed by atoms with Crippen LogP contribution in [-0.4, -0.2) is 23.2 Å². The molecule has 1 unspecified atom stereocenters. The molecule has 1 atom stereocenters. The van der Waals surface area contributed by atoms with Crippen LogP contribution in [0.4, 0.5) is 0 Å². The Morgan fingerprint density at radius 3 is 2.80 bits per heavy atom. The Hall–Kier alpha value is -0.830. The normalized spacial score (nSPS) is 25.3. The molecule has 1 aliphatic heterocycles. The van der Waals surface area contributed by atoms with Crippen LogP contribution in [0.15, 0.2) is 24.3 Å². The minimum atomic E-state index is -0.413. The fourth-order valence-electron chi connectivity index (χ4n) is 2.19. The van der Waals surface area contributed by atoms with E-state index in [9.17, 15) is 4.79 Å². The summed E-state index contributed by atoms with van der Waals surface area (Å²) in [5, 5.41) is 0.667. The van der Waals surface area contributed by atoms with Crippen LogP contribution in [-0.2, 0) is 16.8 Å². The average Bonchev–Trinajstić information content (AvgIpc) is 2.26. The minimum Gasteiger partial charge on any atom is -0.341 e.